The molecule has 7 heteroatoms. The number of amidine groups is 1. The van der Waals surface area contributed by atoms with Crippen molar-refractivity contribution in [2.24, 2.45) is 10.9 Å². The zero-order valence-electron chi connectivity index (χ0n) is 15.4. The molecule has 0 radical (unpaired) electrons. The van der Waals surface area contributed by atoms with Gasteiger partial charge in [-0.1, -0.05) is 61.4 Å². The largest absolute Gasteiger partial charge is 0.346 e. The normalized spacial score (nSPS) is 29.2. The van der Waals surface area contributed by atoms with E-state index in [0.29, 0.717) is 6.54 Å². The van der Waals surface area contributed by atoms with E-state index in [1.165, 1.54) is 23.7 Å². The lowest BCUT2D eigenvalue weighted by Crippen LogP contribution is -2.39. The molecule has 0 bridgehead atoms. The Bertz CT molecular complexity index is 817. The highest BCUT2D eigenvalue weighted by molar-refractivity contribution is 8.15. The van der Waals surface area contributed by atoms with E-state index in [2.05, 4.69) is 22.0 Å². The number of fused-ring (bicyclic) bond motifs is 1. The molecule has 1 saturated carbocycles. The number of hydrogen-bond acceptors (Lipinski definition) is 4. The number of carbonyl (C=O) groups is 1. The smallest absolute Gasteiger partial charge is 0.251 e. The third kappa shape index (κ3) is 4.40. The number of nitrogens with zero attached hydrogens (tertiary/aromatic N) is 2. The average Bonchev–Trinajstić information content (AvgIpc) is 3.12. The van der Waals surface area contributed by atoms with Crippen LogP contribution in [0.15, 0.2) is 35.3 Å². The molecule has 2 saturated heterocycles. The third-order valence-corrected chi connectivity index (χ3v) is 9.07. The first kappa shape index (κ1) is 19.0. The van der Waals surface area contributed by atoms with Crippen LogP contribution in [0.4, 0.5) is 0 Å². The number of rotatable bonds is 4. The molecule has 27 heavy (non-hydrogen) atoms. The Morgan fingerprint density at radius 1 is 1.11 bits per heavy atom. The standard InChI is InChI=1S/C20H26N2O3S2/c23-19(16-9-5-2-6-10-16)21-20-22(12-11-15-7-3-1-4-8-15)17-13-27(24,25)14-18(17)26-20/h1,3-4,7-8,16-18H,2,5-6,9-14H2/t17-,18-/m0/s1. The first-order valence-corrected chi connectivity index (χ1v) is 12.5. The Hall–Kier alpha value is -1.34. The van der Waals surface area contributed by atoms with Crippen LogP contribution >= 0.6 is 11.8 Å². The fourth-order valence-corrected chi connectivity index (χ4v) is 8.31. The summed E-state index contributed by atoms with van der Waals surface area (Å²) < 4.78 is 24.2. The van der Waals surface area contributed by atoms with Crippen LogP contribution in [0.25, 0.3) is 0 Å². The zero-order valence-corrected chi connectivity index (χ0v) is 17.1. The van der Waals surface area contributed by atoms with E-state index in [-0.39, 0.29) is 34.6 Å². The van der Waals surface area contributed by atoms with E-state index in [4.69, 9.17) is 0 Å². The molecule has 3 aliphatic rings. The molecular formula is C20H26N2O3S2. The van der Waals surface area contributed by atoms with Gasteiger partial charge in [0.05, 0.1) is 17.5 Å². The van der Waals surface area contributed by atoms with Crippen LogP contribution in [-0.4, -0.2) is 53.7 Å². The second-order valence-electron chi connectivity index (χ2n) is 7.80. The number of hydrogen-bond donors (Lipinski definition) is 0. The van der Waals surface area contributed by atoms with Gasteiger partial charge in [-0.05, 0) is 24.8 Å². The molecule has 2 heterocycles. The van der Waals surface area contributed by atoms with Gasteiger partial charge in [0.2, 0.25) is 0 Å². The fourth-order valence-electron chi connectivity index (χ4n) is 4.33. The van der Waals surface area contributed by atoms with Crippen LogP contribution in [0, 0.1) is 5.92 Å². The lowest BCUT2D eigenvalue weighted by atomic mass is 9.89. The molecule has 5 nitrogen and oxygen atoms in total. The van der Waals surface area contributed by atoms with Gasteiger partial charge in [0, 0.05) is 17.7 Å². The summed E-state index contributed by atoms with van der Waals surface area (Å²) in [5.41, 5.74) is 1.21. The molecule has 2 atom stereocenters. The van der Waals surface area contributed by atoms with E-state index in [9.17, 15) is 13.2 Å². The van der Waals surface area contributed by atoms with E-state index >= 15 is 0 Å². The van der Waals surface area contributed by atoms with Crippen LogP contribution in [0.3, 0.4) is 0 Å². The van der Waals surface area contributed by atoms with Gasteiger partial charge in [-0.3, -0.25) is 4.79 Å². The van der Waals surface area contributed by atoms with Gasteiger partial charge in [-0.15, -0.1) is 0 Å². The summed E-state index contributed by atoms with van der Waals surface area (Å²) >= 11 is 1.50. The molecule has 4 rings (SSSR count). The van der Waals surface area contributed by atoms with E-state index < -0.39 is 9.84 Å². The van der Waals surface area contributed by atoms with Gasteiger partial charge in [0.25, 0.3) is 5.91 Å². The van der Waals surface area contributed by atoms with Gasteiger partial charge in [0.15, 0.2) is 15.0 Å². The topological polar surface area (TPSA) is 66.8 Å². The highest BCUT2D eigenvalue weighted by atomic mass is 32.2. The van der Waals surface area contributed by atoms with Crippen LogP contribution in [0.5, 0.6) is 0 Å². The lowest BCUT2D eigenvalue weighted by molar-refractivity contribution is -0.122. The number of sulfone groups is 1. The molecule has 1 aliphatic carbocycles. The van der Waals surface area contributed by atoms with Crippen LogP contribution in [0.1, 0.15) is 37.7 Å². The van der Waals surface area contributed by atoms with Crippen LogP contribution in [0.2, 0.25) is 0 Å². The number of aliphatic imine (C=N–C) groups is 1. The minimum Gasteiger partial charge on any atom is -0.346 e. The first-order valence-electron chi connectivity index (χ1n) is 9.82. The summed E-state index contributed by atoms with van der Waals surface area (Å²) in [5.74, 6) is 0.411. The SMILES string of the molecule is O=C(N=C1S[C@H]2CS(=O)(=O)C[C@@H]2N1CCc1ccccc1)C1CCCCC1. The van der Waals surface area contributed by atoms with Gasteiger partial charge in [-0.25, -0.2) is 8.42 Å². The molecule has 146 valence electrons. The summed E-state index contributed by atoms with van der Waals surface area (Å²) in [5, 5.41) is 0.745. The van der Waals surface area contributed by atoms with Crippen molar-refractivity contribution in [2.45, 2.75) is 49.8 Å². The Labute approximate surface area is 165 Å². The third-order valence-electron chi connectivity index (χ3n) is 5.82. The van der Waals surface area contributed by atoms with Crippen molar-refractivity contribution >= 4 is 32.7 Å². The Balaban J connectivity index is 1.52. The number of benzene rings is 1. The van der Waals surface area contributed by atoms with Crippen molar-refractivity contribution in [2.75, 3.05) is 18.1 Å². The van der Waals surface area contributed by atoms with Gasteiger partial charge in [0.1, 0.15) is 0 Å². The second kappa shape index (κ2) is 7.95. The summed E-state index contributed by atoms with van der Waals surface area (Å²) in [4.78, 5) is 19.3. The van der Waals surface area contributed by atoms with Crippen molar-refractivity contribution in [3.8, 4) is 0 Å². The second-order valence-corrected chi connectivity index (χ2v) is 11.2. The summed E-state index contributed by atoms with van der Waals surface area (Å²) in [6.07, 6.45) is 6.11. The zero-order chi connectivity index (χ0) is 18.9. The summed E-state index contributed by atoms with van der Waals surface area (Å²) in [7, 11) is -3.00. The van der Waals surface area contributed by atoms with Gasteiger partial charge >= 0.3 is 0 Å². The highest BCUT2D eigenvalue weighted by Gasteiger charge is 2.48. The van der Waals surface area contributed by atoms with Crippen LogP contribution < -0.4 is 0 Å². The van der Waals surface area contributed by atoms with Crippen LogP contribution in [-0.2, 0) is 21.1 Å². The quantitative estimate of drug-likeness (QED) is 0.769. The first-order chi connectivity index (χ1) is 13.0. The van der Waals surface area contributed by atoms with Crippen molar-refractivity contribution < 1.29 is 13.2 Å². The fraction of sp³-hybridized carbons (Fsp3) is 0.600. The maximum Gasteiger partial charge on any atom is 0.251 e. The number of carbonyl (C=O) groups excluding carboxylic acids is 1. The summed E-state index contributed by atoms with van der Waals surface area (Å²) in [6, 6.07) is 10.1. The molecule has 0 aromatic heterocycles. The lowest BCUT2D eigenvalue weighted by Gasteiger charge is -2.25. The Morgan fingerprint density at radius 3 is 2.59 bits per heavy atom. The molecule has 1 aromatic rings. The number of amides is 1. The maximum atomic E-state index is 12.7. The van der Waals surface area contributed by atoms with Crippen molar-refractivity contribution in [1.29, 1.82) is 0 Å². The highest BCUT2D eigenvalue weighted by Crippen LogP contribution is 2.38. The van der Waals surface area contributed by atoms with Crippen molar-refractivity contribution in [3.05, 3.63) is 35.9 Å². The molecule has 0 spiro atoms. The number of thioether (sulfide) groups is 1. The molecular weight excluding hydrogens is 380 g/mol. The maximum absolute atomic E-state index is 12.7. The molecule has 3 fully saturated rings. The Kier molecular flexibility index (Phi) is 5.60. The molecule has 2 aliphatic heterocycles. The van der Waals surface area contributed by atoms with E-state index in [1.54, 1.807) is 0 Å². The summed E-state index contributed by atoms with van der Waals surface area (Å²) in [6.45, 7) is 0.699. The van der Waals surface area contributed by atoms with Crippen molar-refractivity contribution in [3.63, 3.8) is 0 Å². The van der Waals surface area contributed by atoms with Gasteiger partial charge in [-0.2, -0.15) is 4.99 Å². The van der Waals surface area contributed by atoms with E-state index in [0.717, 1.165) is 37.3 Å². The average molecular weight is 407 g/mol. The monoisotopic (exact) mass is 406 g/mol. The molecule has 1 amide bonds. The predicted molar refractivity (Wildman–Crippen MR) is 110 cm³/mol. The molecule has 0 N–H and O–H groups in total. The van der Waals surface area contributed by atoms with Gasteiger partial charge < -0.3 is 4.90 Å². The molecule has 0 unspecified atom stereocenters. The predicted octanol–water partition coefficient (Wildman–Crippen LogP) is 2.91. The minimum absolute atomic E-state index is 0.00341. The van der Waals surface area contributed by atoms with E-state index in [1.807, 2.05) is 18.2 Å². The van der Waals surface area contributed by atoms with Crippen molar-refractivity contribution in [1.82, 2.24) is 4.90 Å². The molecule has 1 aromatic carbocycles. The minimum atomic E-state index is -3.00. The Morgan fingerprint density at radius 2 is 1.85 bits per heavy atom.